The van der Waals surface area contributed by atoms with Gasteiger partial charge < -0.3 is 10.6 Å². The zero-order valence-corrected chi connectivity index (χ0v) is 12.8. The molecule has 1 heterocycles. The predicted molar refractivity (Wildman–Crippen MR) is 82.5 cm³/mol. The first-order valence-electron chi connectivity index (χ1n) is 5.17. The Labute approximate surface area is 124 Å². The maximum Gasteiger partial charge on any atom is 0.171 e. The van der Waals surface area contributed by atoms with Crippen LogP contribution in [0.4, 0.5) is 17.1 Å². The standard InChI is InChI=1S/C10H10Cl2N4S2/c1-4(2)13-10(17)14-7-5(11)3-6(12)8-9(7)16-18-15-8/h3-4H,1-2H3,(H2,13,14,17). The molecule has 0 fully saturated rings. The van der Waals surface area contributed by atoms with Crippen molar-refractivity contribution in [1.29, 1.82) is 0 Å². The Morgan fingerprint density at radius 3 is 2.61 bits per heavy atom. The van der Waals surface area contributed by atoms with Crippen molar-refractivity contribution in [2.24, 2.45) is 8.73 Å². The molecule has 0 saturated carbocycles. The highest BCUT2D eigenvalue weighted by Crippen LogP contribution is 2.47. The minimum Gasteiger partial charge on any atom is -0.360 e. The molecular formula is C10H10Cl2N4S2. The largest absolute Gasteiger partial charge is 0.360 e. The van der Waals surface area contributed by atoms with E-state index in [-0.39, 0.29) is 6.04 Å². The predicted octanol–water partition coefficient (Wildman–Crippen LogP) is 4.41. The van der Waals surface area contributed by atoms with Gasteiger partial charge in [0.1, 0.15) is 11.4 Å². The third kappa shape index (κ3) is 2.83. The molecule has 0 unspecified atom stereocenters. The Morgan fingerprint density at radius 2 is 1.94 bits per heavy atom. The molecule has 0 saturated heterocycles. The van der Waals surface area contributed by atoms with Crippen molar-refractivity contribution >= 4 is 68.9 Å². The van der Waals surface area contributed by atoms with Crippen LogP contribution >= 0.6 is 35.4 Å². The van der Waals surface area contributed by atoms with Gasteiger partial charge in [0.05, 0.1) is 27.1 Å². The number of anilines is 1. The van der Waals surface area contributed by atoms with E-state index in [9.17, 15) is 0 Å². The number of nitrogens with zero attached hydrogens (tertiary/aromatic N) is 2. The van der Waals surface area contributed by atoms with Crippen molar-refractivity contribution in [3.8, 4) is 0 Å². The highest BCUT2D eigenvalue weighted by Gasteiger charge is 2.19. The molecule has 0 atom stereocenters. The molecule has 0 aromatic heterocycles. The second-order valence-corrected chi connectivity index (χ2v) is 5.68. The molecule has 0 spiro atoms. The van der Waals surface area contributed by atoms with Crippen LogP contribution in [0.3, 0.4) is 0 Å². The Balaban J connectivity index is 2.32. The third-order valence-electron chi connectivity index (χ3n) is 2.10. The van der Waals surface area contributed by atoms with Crippen LogP contribution in [0.15, 0.2) is 14.8 Å². The van der Waals surface area contributed by atoms with Crippen LogP contribution in [0.2, 0.25) is 10.0 Å². The number of fused-ring (bicyclic) bond motifs is 1. The average molecular weight is 321 g/mol. The average Bonchev–Trinajstić information content (AvgIpc) is 2.72. The van der Waals surface area contributed by atoms with Crippen molar-refractivity contribution in [2.75, 3.05) is 5.32 Å². The highest BCUT2D eigenvalue weighted by molar-refractivity contribution is 7.80. The molecule has 2 N–H and O–H groups in total. The van der Waals surface area contributed by atoms with Crippen LogP contribution in [-0.4, -0.2) is 11.2 Å². The summed E-state index contributed by atoms with van der Waals surface area (Å²) < 4.78 is 8.31. The van der Waals surface area contributed by atoms with Crippen molar-refractivity contribution in [2.45, 2.75) is 19.9 Å². The van der Waals surface area contributed by atoms with Gasteiger partial charge in [-0.3, -0.25) is 0 Å². The zero-order valence-electron chi connectivity index (χ0n) is 9.62. The van der Waals surface area contributed by atoms with Crippen LogP contribution in [0, 0.1) is 0 Å². The minimum absolute atomic E-state index is 0.236. The van der Waals surface area contributed by atoms with E-state index < -0.39 is 0 Å². The number of hydrogen-bond acceptors (Lipinski definition) is 3. The Hall–Kier alpha value is -0.690. The summed E-state index contributed by atoms with van der Waals surface area (Å²) in [4.78, 5) is 0. The molecule has 1 aliphatic heterocycles. The normalized spacial score (nSPS) is 12.3. The fourth-order valence-corrected chi connectivity index (χ4v) is 2.90. The van der Waals surface area contributed by atoms with Crippen molar-refractivity contribution < 1.29 is 0 Å². The lowest BCUT2D eigenvalue weighted by molar-refractivity contribution is 0.739. The van der Waals surface area contributed by atoms with Gasteiger partial charge in [0.15, 0.2) is 5.11 Å². The van der Waals surface area contributed by atoms with Crippen LogP contribution in [-0.2, 0) is 11.4 Å². The van der Waals surface area contributed by atoms with Crippen LogP contribution < -0.4 is 10.6 Å². The Kier molecular flexibility index (Phi) is 4.21. The number of hydrogen-bond donors (Lipinski definition) is 2. The van der Waals surface area contributed by atoms with Gasteiger partial charge in [-0.05, 0) is 32.1 Å². The van der Waals surface area contributed by atoms with Gasteiger partial charge in [-0.25, -0.2) is 0 Å². The number of nitrogens with one attached hydrogen (secondary N) is 2. The number of rotatable bonds is 2. The van der Waals surface area contributed by atoms with Gasteiger partial charge in [0.25, 0.3) is 0 Å². The molecule has 18 heavy (non-hydrogen) atoms. The van der Waals surface area contributed by atoms with E-state index in [2.05, 4.69) is 19.4 Å². The van der Waals surface area contributed by atoms with Gasteiger partial charge >= 0.3 is 0 Å². The van der Waals surface area contributed by atoms with E-state index in [4.69, 9.17) is 35.4 Å². The second-order valence-electron chi connectivity index (χ2n) is 3.93. The number of benzene rings is 1. The van der Waals surface area contributed by atoms with Crippen LogP contribution in [0.5, 0.6) is 0 Å². The second kappa shape index (κ2) is 5.52. The molecule has 8 heteroatoms. The maximum atomic E-state index is 6.15. The lowest BCUT2D eigenvalue weighted by Crippen LogP contribution is -2.34. The first-order valence-corrected chi connectivity index (χ1v) is 7.06. The fourth-order valence-electron chi connectivity index (χ4n) is 1.40. The van der Waals surface area contributed by atoms with E-state index in [1.165, 1.54) is 0 Å². The summed E-state index contributed by atoms with van der Waals surface area (Å²) in [5, 5.41) is 7.54. The Bertz CT molecular complexity index is 580. The molecule has 2 rings (SSSR count). The van der Waals surface area contributed by atoms with Crippen molar-refractivity contribution in [1.82, 2.24) is 5.32 Å². The van der Waals surface area contributed by atoms with Gasteiger partial charge in [-0.15, -0.1) is 0 Å². The third-order valence-corrected chi connectivity index (χ3v) is 3.44. The molecule has 1 aromatic carbocycles. The molecule has 96 valence electrons. The molecule has 1 aliphatic rings. The van der Waals surface area contributed by atoms with E-state index in [0.717, 1.165) is 11.4 Å². The lowest BCUT2D eigenvalue weighted by atomic mass is 10.2. The van der Waals surface area contributed by atoms with E-state index >= 15 is 0 Å². The summed E-state index contributed by atoms with van der Waals surface area (Å²) in [5.74, 6) is 0. The van der Waals surface area contributed by atoms with Crippen LogP contribution in [0.1, 0.15) is 13.8 Å². The van der Waals surface area contributed by atoms with Gasteiger partial charge in [0, 0.05) is 6.04 Å². The molecule has 0 bridgehead atoms. The summed E-state index contributed by atoms with van der Waals surface area (Å²) in [6.45, 7) is 3.99. The monoisotopic (exact) mass is 320 g/mol. The molecular weight excluding hydrogens is 311 g/mol. The van der Waals surface area contributed by atoms with E-state index in [1.807, 2.05) is 13.8 Å². The number of thiocarbonyl (C=S) groups is 1. The summed E-state index contributed by atoms with van der Waals surface area (Å²) in [7, 11) is 0. The SMILES string of the molecule is CC(C)NC(=S)Nc1c(Cl)cc(Cl)c2c1N=S=N2. The molecule has 0 radical (unpaired) electrons. The lowest BCUT2D eigenvalue weighted by Gasteiger charge is -2.15. The summed E-state index contributed by atoms with van der Waals surface area (Å²) in [6, 6.07) is 1.87. The van der Waals surface area contributed by atoms with Gasteiger partial charge in [0.2, 0.25) is 0 Å². The summed E-state index contributed by atoms with van der Waals surface area (Å²) in [6.07, 6.45) is 0. The summed E-state index contributed by atoms with van der Waals surface area (Å²) >= 11 is 18.5. The van der Waals surface area contributed by atoms with E-state index in [0.29, 0.717) is 32.2 Å². The maximum absolute atomic E-state index is 6.15. The topological polar surface area (TPSA) is 48.8 Å². The highest BCUT2D eigenvalue weighted by atomic mass is 35.5. The molecule has 0 aliphatic carbocycles. The summed E-state index contributed by atoms with van der Waals surface area (Å²) in [5.41, 5.74) is 1.88. The van der Waals surface area contributed by atoms with E-state index in [1.54, 1.807) is 6.07 Å². The first-order chi connectivity index (χ1) is 8.49. The molecule has 0 amide bonds. The smallest absolute Gasteiger partial charge is 0.171 e. The van der Waals surface area contributed by atoms with Crippen LogP contribution in [0.25, 0.3) is 0 Å². The first kappa shape index (κ1) is 13.7. The quantitative estimate of drug-likeness (QED) is 0.805. The fraction of sp³-hybridized carbons (Fsp3) is 0.300. The zero-order chi connectivity index (χ0) is 13.3. The molecule has 4 nitrogen and oxygen atoms in total. The Morgan fingerprint density at radius 1 is 1.28 bits per heavy atom. The van der Waals surface area contributed by atoms with Gasteiger partial charge in [-0.2, -0.15) is 8.73 Å². The van der Waals surface area contributed by atoms with Crippen molar-refractivity contribution in [3.63, 3.8) is 0 Å². The number of halogens is 2. The minimum atomic E-state index is 0.236. The molecule has 1 aromatic rings. The van der Waals surface area contributed by atoms with Gasteiger partial charge in [-0.1, -0.05) is 23.2 Å². The van der Waals surface area contributed by atoms with Crippen molar-refractivity contribution in [3.05, 3.63) is 16.1 Å².